The Hall–Kier alpha value is -0.370. The molecule has 0 aromatic heterocycles. The monoisotopic (exact) mass is 183 g/mol. The molecule has 0 saturated heterocycles. The lowest BCUT2D eigenvalue weighted by Crippen LogP contribution is -2.43. The second-order valence-corrected chi connectivity index (χ2v) is 3.96. The second-order valence-electron chi connectivity index (χ2n) is 3.96. The Morgan fingerprint density at radius 2 is 2.23 bits per heavy atom. The van der Waals surface area contributed by atoms with Crippen LogP contribution in [0.4, 0.5) is 0 Å². The fourth-order valence-corrected chi connectivity index (χ4v) is 2.22. The number of ketones is 1. The van der Waals surface area contributed by atoms with E-state index in [0.717, 1.165) is 32.2 Å². The predicted molar refractivity (Wildman–Crippen MR) is 54.8 cm³/mol. The molecule has 2 heteroatoms. The summed E-state index contributed by atoms with van der Waals surface area (Å²) in [6, 6.07) is 0.789. The van der Waals surface area contributed by atoms with E-state index in [0.29, 0.717) is 11.8 Å². The van der Waals surface area contributed by atoms with Crippen molar-refractivity contribution in [3.05, 3.63) is 0 Å². The molecule has 2 atom stereocenters. The summed E-state index contributed by atoms with van der Waals surface area (Å²) in [7, 11) is 0. The molecule has 1 saturated carbocycles. The summed E-state index contributed by atoms with van der Waals surface area (Å²) in [6.07, 6.45) is 4.11. The van der Waals surface area contributed by atoms with Crippen LogP contribution in [0.25, 0.3) is 0 Å². The number of likely N-dealkylation sites (N-methyl/N-ethyl adjacent to an activating group) is 1. The van der Waals surface area contributed by atoms with Crippen molar-refractivity contribution in [2.75, 3.05) is 6.54 Å². The van der Waals surface area contributed by atoms with Crippen molar-refractivity contribution in [1.29, 1.82) is 0 Å². The zero-order valence-corrected chi connectivity index (χ0v) is 9.05. The van der Waals surface area contributed by atoms with Gasteiger partial charge >= 0.3 is 0 Å². The zero-order chi connectivity index (χ0) is 9.84. The first-order chi connectivity index (χ1) is 6.20. The Bertz CT molecular complexity index is 179. The molecule has 0 spiro atoms. The molecule has 1 fully saturated rings. The van der Waals surface area contributed by atoms with Crippen LogP contribution in [0.1, 0.15) is 46.5 Å². The van der Waals surface area contributed by atoms with Gasteiger partial charge in [0.25, 0.3) is 0 Å². The van der Waals surface area contributed by atoms with Gasteiger partial charge in [-0.2, -0.15) is 0 Å². The molecule has 0 aromatic rings. The molecular weight excluding hydrogens is 162 g/mol. The smallest absolute Gasteiger partial charge is 0.149 e. The van der Waals surface area contributed by atoms with Crippen molar-refractivity contribution in [3.8, 4) is 0 Å². The van der Waals surface area contributed by atoms with Gasteiger partial charge in [0.1, 0.15) is 5.78 Å². The maximum absolute atomic E-state index is 11.6. The van der Waals surface area contributed by atoms with Crippen LogP contribution in [0, 0.1) is 0 Å². The molecule has 2 nitrogen and oxygen atoms in total. The quantitative estimate of drug-likeness (QED) is 0.666. The first-order valence-corrected chi connectivity index (χ1v) is 5.49. The van der Waals surface area contributed by atoms with Gasteiger partial charge in [-0.15, -0.1) is 0 Å². The third-order valence-electron chi connectivity index (χ3n) is 3.19. The number of nitrogens with zero attached hydrogens (tertiary/aromatic N) is 1. The SMILES string of the molecule is CCC(C)N(CC)C1CCCC1=O. The summed E-state index contributed by atoms with van der Waals surface area (Å²) in [6.45, 7) is 7.56. The molecule has 13 heavy (non-hydrogen) atoms. The molecule has 1 aliphatic carbocycles. The van der Waals surface area contributed by atoms with Gasteiger partial charge in [0.05, 0.1) is 6.04 Å². The lowest BCUT2D eigenvalue weighted by atomic mass is 10.1. The van der Waals surface area contributed by atoms with Gasteiger partial charge in [-0.25, -0.2) is 0 Å². The van der Waals surface area contributed by atoms with Crippen LogP contribution >= 0.6 is 0 Å². The molecular formula is C11H21NO. The molecule has 1 rings (SSSR count). The summed E-state index contributed by atoms with van der Waals surface area (Å²) in [5.41, 5.74) is 0. The van der Waals surface area contributed by atoms with Crippen molar-refractivity contribution in [3.63, 3.8) is 0 Å². The summed E-state index contributed by atoms with van der Waals surface area (Å²) >= 11 is 0. The van der Waals surface area contributed by atoms with Crippen LogP contribution in [-0.2, 0) is 4.79 Å². The Labute approximate surface area is 81.3 Å². The molecule has 0 N–H and O–H groups in total. The van der Waals surface area contributed by atoms with Crippen LogP contribution in [0.5, 0.6) is 0 Å². The number of Topliss-reactive ketones (excluding diaryl/α,β-unsaturated/α-hetero) is 1. The van der Waals surface area contributed by atoms with E-state index >= 15 is 0 Å². The highest BCUT2D eigenvalue weighted by molar-refractivity contribution is 5.85. The lowest BCUT2D eigenvalue weighted by molar-refractivity contribution is -0.122. The summed E-state index contributed by atoms with van der Waals surface area (Å²) in [4.78, 5) is 13.9. The highest BCUT2D eigenvalue weighted by Crippen LogP contribution is 2.22. The largest absolute Gasteiger partial charge is 0.298 e. The van der Waals surface area contributed by atoms with Crippen molar-refractivity contribution < 1.29 is 4.79 Å². The highest BCUT2D eigenvalue weighted by atomic mass is 16.1. The van der Waals surface area contributed by atoms with Gasteiger partial charge in [-0.3, -0.25) is 9.69 Å². The van der Waals surface area contributed by atoms with Gasteiger partial charge in [0.15, 0.2) is 0 Å². The first kappa shape index (κ1) is 10.7. The maximum atomic E-state index is 11.6. The average molecular weight is 183 g/mol. The average Bonchev–Trinajstić information content (AvgIpc) is 2.53. The fraction of sp³-hybridized carbons (Fsp3) is 0.909. The Morgan fingerprint density at radius 3 is 2.62 bits per heavy atom. The van der Waals surface area contributed by atoms with Crippen molar-refractivity contribution >= 4 is 5.78 Å². The highest BCUT2D eigenvalue weighted by Gasteiger charge is 2.31. The van der Waals surface area contributed by atoms with Crippen LogP contribution in [0.3, 0.4) is 0 Å². The normalized spacial score (nSPS) is 25.5. The minimum atomic E-state index is 0.236. The molecule has 2 unspecified atom stereocenters. The van der Waals surface area contributed by atoms with Gasteiger partial charge in [0, 0.05) is 12.5 Å². The third-order valence-corrected chi connectivity index (χ3v) is 3.19. The topological polar surface area (TPSA) is 20.3 Å². The molecule has 0 bridgehead atoms. The van der Waals surface area contributed by atoms with Gasteiger partial charge in [0.2, 0.25) is 0 Å². The minimum absolute atomic E-state index is 0.236. The first-order valence-electron chi connectivity index (χ1n) is 5.49. The number of hydrogen-bond acceptors (Lipinski definition) is 2. The van der Waals surface area contributed by atoms with E-state index < -0.39 is 0 Å². The standard InChI is InChI=1S/C11H21NO/c1-4-9(3)12(5-2)10-7-6-8-11(10)13/h9-10H,4-8H2,1-3H3. The second kappa shape index (κ2) is 4.75. The number of carbonyl (C=O) groups excluding carboxylic acids is 1. The van der Waals surface area contributed by atoms with E-state index in [1.165, 1.54) is 0 Å². The van der Waals surface area contributed by atoms with Gasteiger partial charge < -0.3 is 0 Å². The van der Waals surface area contributed by atoms with Crippen molar-refractivity contribution in [2.45, 2.75) is 58.5 Å². The number of carbonyl (C=O) groups is 1. The zero-order valence-electron chi connectivity index (χ0n) is 9.05. The van der Waals surface area contributed by atoms with Crippen LogP contribution in [-0.4, -0.2) is 29.3 Å². The van der Waals surface area contributed by atoms with E-state index in [-0.39, 0.29) is 6.04 Å². The molecule has 76 valence electrons. The molecule has 1 aliphatic rings. The number of rotatable bonds is 4. The van der Waals surface area contributed by atoms with Crippen molar-refractivity contribution in [2.24, 2.45) is 0 Å². The van der Waals surface area contributed by atoms with Crippen LogP contribution < -0.4 is 0 Å². The fourth-order valence-electron chi connectivity index (χ4n) is 2.22. The molecule has 0 amide bonds. The summed E-state index contributed by atoms with van der Waals surface area (Å²) < 4.78 is 0. The Kier molecular flexibility index (Phi) is 3.91. The lowest BCUT2D eigenvalue weighted by Gasteiger charge is -2.31. The van der Waals surface area contributed by atoms with E-state index in [4.69, 9.17) is 0 Å². The Morgan fingerprint density at radius 1 is 1.54 bits per heavy atom. The third kappa shape index (κ3) is 2.31. The minimum Gasteiger partial charge on any atom is -0.298 e. The van der Waals surface area contributed by atoms with E-state index in [2.05, 4.69) is 25.7 Å². The maximum Gasteiger partial charge on any atom is 0.149 e. The molecule has 0 radical (unpaired) electrons. The number of hydrogen-bond donors (Lipinski definition) is 0. The summed E-state index contributed by atoms with van der Waals surface area (Å²) in [5.74, 6) is 0.460. The van der Waals surface area contributed by atoms with E-state index in [9.17, 15) is 4.79 Å². The van der Waals surface area contributed by atoms with Gasteiger partial charge in [-0.1, -0.05) is 13.8 Å². The van der Waals surface area contributed by atoms with Crippen LogP contribution in [0.2, 0.25) is 0 Å². The van der Waals surface area contributed by atoms with E-state index in [1.54, 1.807) is 0 Å². The Balaban J connectivity index is 2.59. The van der Waals surface area contributed by atoms with Crippen molar-refractivity contribution in [1.82, 2.24) is 4.90 Å². The summed E-state index contributed by atoms with van der Waals surface area (Å²) in [5, 5.41) is 0. The van der Waals surface area contributed by atoms with Gasteiger partial charge in [-0.05, 0) is 32.7 Å². The predicted octanol–water partition coefficient (Wildman–Crippen LogP) is 2.23. The van der Waals surface area contributed by atoms with E-state index in [1.807, 2.05) is 0 Å². The molecule has 0 heterocycles. The molecule has 0 aliphatic heterocycles. The van der Waals surface area contributed by atoms with Crippen LogP contribution in [0.15, 0.2) is 0 Å². The molecule has 0 aromatic carbocycles.